The van der Waals surface area contributed by atoms with Crippen molar-refractivity contribution >= 4 is 28.4 Å². The van der Waals surface area contributed by atoms with Gasteiger partial charge in [0.2, 0.25) is 0 Å². The van der Waals surface area contributed by atoms with E-state index in [4.69, 9.17) is 0 Å². The fraction of sp³-hybridized carbons (Fsp3) is 0.417. The zero-order chi connectivity index (χ0) is 11.3. The van der Waals surface area contributed by atoms with Crippen molar-refractivity contribution in [2.24, 2.45) is 5.92 Å². The molecule has 0 unspecified atom stereocenters. The molecule has 0 saturated heterocycles. The van der Waals surface area contributed by atoms with Gasteiger partial charge in [0.25, 0.3) is 0 Å². The first-order valence-corrected chi connectivity index (χ1v) is 6.52. The molecule has 0 fully saturated rings. The lowest BCUT2D eigenvalue weighted by molar-refractivity contribution is 0.0722. The van der Waals surface area contributed by atoms with Crippen LogP contribution < -0.4 is 0 Å². The Labute approximate surface area is 104 Å². The van der Waals surface area contributed by atoms with Gasteiger partial charge in [-0.25, -0.2) is 0 Å². The van der Waals surface area contributed by atoms with Crippen LogP contribution in [0.25, 0.3) is 0 Å². The molecule has 0 spiro atoms. The highest BCUT2D eigenvalue weighted by Crippen LogP contribution is 2.17. The standard InChI is InChI=1S/C12H15IO2/c1-9(14)11(7-8-13)12(15)10-5-3-2-4-6-10/h2-6,9,11,14H,7-8H2,1H3/t9-,11+/m0/s1. The topological polar surface area (TPSA) is 37.3 Å². The van der Waals surface area contributed by atoms with Crippen molar-refractivity contribution in [2.75, 3.05) is 4.43 Å². The Bertz CT molecular complexity index is 309. The van der Waals surface area contributed by atoms with Crippen molar-refractivity contribution in [1.29, 1.82) is 0 Å². The van der Waals surface area contributed by atoms with Crippen molar-refractivity contribution in [3.05, 3.63) is 35.9 Å². The normalized spacial score (nSPS) is 14.6. The molecule has 0 saturated carbocycles. The van der Waals surface area contributed by atoms with E-state index in [1.807, 2.05) is 18.2 Å². The van der Waals surface area contributed by atoms with E-state index in [0.717, 1.165) is 10.8 Å². The number of Topliss-reactive ketones (excluding diaryl/α,β-unsaturated/α-hetero) is 1. The van der Waals surface area contributed by atoms with Crippen molar-refractivity contribution in [3.8, 4) is 0 Å². The summed E-state index contributed by atoms with van der Waals surface area (Å²) < 4.78 is 0.881. The van der Waals surface area contributed by atoms with Gasteiger partial charge < -0.3 is 5.11 Å². The zero-order valence-corrected chi connectivity index (χ0v) is 10.8. The maximum Gasteiger partial charge on any atom is 0.168 e. The minimum atomic E-state index is -0.576. The van der Waals surface area contributed by atoms with Gasteiger partial charge in [-0.2, -0.15) is 0 Å². The van der Waals surface area contributed by atoms with E-state index in [9.17, 15) is 9.90 Å². The van der Waals surface area contributed by atoms with Crippen LogP contribution in [0.3, 0.4) is 0 Å². The van der Waals surface area contributed by atoms with Crippen LogP contribution in [0.2, 0.25) is 0 Å². The summed E-state index contributed by atoms with van der Waals surface area (Å²) in [7, 11) is 0. The Balaban J connectivity index is 2.81. The monoisotopic (exact) mass is 318 g/mol. The highest BCUT2D eigenvalue weighted by molar-refractivity contribution is 14.1. The second kappa shape index (κ2) is 6.23. The fourth-order valence-electron chi connectivity index (χ4n) is 1.53. The molecule has 0 radical (unpaired) electrons. The maximum absolute atomic E-state index is 12.0. The van der Waals surface area contributed by atoms with Crippen LogP contribution in [-0.4, -0.2) is 21.4 Å². The van der Waals surface area contributed by atoms with Crippen LogP contribution in [0.4, 0.5) is 0 Å². The predicted octanol–water partition coefficient (Wildman–Crippen LogP) is 2.69. The van der Waals surface area contributed by atoms with Gasteiger partial charge >= 0.3 is 0 Å². The molecule has 0 heterocycles. The van der Waals surface area contributed by atoms with Crippen LogP contribution in [0, 0.1) is 5.92 Å². The molecule has 2 atom stereocenters. The summed E-state index contributed by atoms with van der Waals surface area (Å²) in [6.07, 6.45) is 0.152. The van der Waals surface area contributed by atoms with E-state index in [1.165, 1.54) is 0 Å². The molecule has 0 aliphatic rings. The van der Waals surface area contributed by atoms with E-state index >= 15 is 0 Å². The third-order valence-corrected chi connectivity index (χ3v) is 3.02. The number of ketones is 1. The number of halogens is 1. The molecule has 0 aliphatic carbocycles. The lowest BCUT2D eigenvalue weighted by Gasteiger charge is -2.17. The van der Waals surface area contributed by atoms with Crippen molar-refractivity contribution in [3.63, 3.8) is 0 Å². The van der Waals surface area contributed by atoms with Gasteiger partial charge in [-0.3, -0.25) is 4.79 Å². The van der Waals surface area contributed by atoms with Crippen LogP contribution in [0.5, 0.6) is 0 Å². The van der Waals surface area contributed by atoms with E-state index in [-0.39, 0.29) is 11.7 Å². The Morgan fingerprint density at radius 2 is 2.00 bits per heavy atom. The number of aliphatic hydroxyl groups excluding tert-OH is 1. The number of hydrogen-bond donors (Lipinski definition) is 1. The minimum absolute atomic E-state index is 0.0438. The first kappa shape index (κ1) is 12.6. The third-order valence-electron chi connectivity index (χ3n) is 2.40. The van der Waals surface area contributed by atoms with Crippen molar-refractivity contribution < 1.29 is 9.90 Å². The second-order valence-electron chi connectivity index (χ2n) is 3.56. The SMILES string of the molecule is C[C@H](O)[C@@H](CCI)C(=O)c1ccccc1. The molecule has 1 aromatic carbocycles. The van der Waals surface area contributed by atoms with E-state index in [0.29, 0.717) is 5.56 Å². The molecule has 1 aromatic rings. The van der Waals surface area contributed by atoms with Gasteiger partial charge in [-0.05, 0) is 13.3 Å². The minimum Gasteiger partial charge on any atom is -0.393 e. The molecule has 15 heavy (non-hydrogen) atoms. The summed E-state index contributed by atoms with van der Waals surface area (Å²) in [5.41, 5.74) is 0.688. The van der Waals surface area contributed by atoms with Crippen LogP contribution in [0.15, 0.2) is 30.3 Å². The van der Waals surface area contributed by atoms with E-state index in [2.05, 4.69) is 22.6 Å². The predicted molar refractivity (Wildman–Crippen MR) is 69.4 cm³/mol. The third kappa shape index (κ3) is 3.57. The molecular weight excluding hydrogens is 303 g/mol. The molecule has 82 valence electrons. The smallest absolute Gasteiger partial charge is 0.168 e. The molecule has 0 aliphatic heterocycles. The molecule has 0 aromatic heterocycles. The zero-order valence-electron chi connectivity index (χ0n) is 8.69. The van der Waals surface area contributed by atoms with Gasteiger partial charge in [0.15, 0.2) is 5.78 Å². The van der Waals surface area contributed by atoms with Gasteiger partial charge in [-0.15, -0.1) is 0 Å². The average molecular weight is 318 g/mol. The Hall–Kier alpha value is -0.420. The van der Waals surface area contributed by atoms with E-state index < -0.39 is 6.10 Å². The van der Waals surface area contributed by atoms with Gasteiger partial charge in [0.05, 0.1) is 6.10 Å². The first-order valence-electron chi connectivity index (χ1n) is 5.00. The molecule has 1 N–H and O–H groups in total. The summed E-state index contributed by atoms with van der Waals surface area (Å²) in [5, 5.41) is 9.55. The number of aliphatic hydroxyl groups is 1. The highest BCUT2D eigenvalue weighted by Gasteiger charge is 2.23. The number of rotatable bonds is 5. The van der Waals surface area contributed by atoms with Crippen molar-refractivity contribution in [2.45, 2.75) is 19.4 Å². The molecule has 2 nitrogen and oxygen atoms in total. The average Bonchev–Trinajstić information content (AvgIpc) is 2.26. The molecule has 1 rings (SSSR count). The molecular formula is C12H15IO2. The molecule has 0 amide bonds. The summed E-state index contributed by atoms with van der Waals surface area (Å²) >= 11 is 2.23. The number of carbonyl (C=O) groups excluding carboxylic acids is 1. The van der Waals surface area contributed by atoms with Crippen LogP contribution >= 0.6 is 22.6 Å². The first-order chi connectivity index (χ1) is 7.16. The Kier molecular flexibility index (Phi) is 5.25. The summed E-state index contributed by atoms with van der Waals surface area (Å²) in [4.78, 5) is 12.0. The van der Waals surface area contributed by atoms with Crippen LogP contribution in [-0.2, 0) is 0 Å². The summed E-state index contributed by atoms with van der Waals surface area (Å²) in [6, 6.07) is 9.16. The lowest BCUT2D eigenvalue weighted by Crippen LogP contribution is -2.26. The fourth-order valence-corrected chi connectivity index (χ4v) is 2.20. The largest absolute Gasteiger partial charge is 0.393 e. The van der Waals surface area contributed by atoms with Gasteiger partial charge in [0.1, 0.15) is 0 Å². The van der Waals surface area contributed by atoms with Crippen LogP contribution in [0.1, 0.15) is 23.7 Å². The summed E-state index contributed by atoms with van der Waals surface area (Å²) in [5.74, 6) is -0.230. The maximum atomic E-state index is 12.0. The Morgan fingerprint density at radius 1 is 1.40 bits per heavy atom. The lowest BCUT2D eigenvalue weighted by atomic mass is 9.91. The highest BCUT2D eigenvalue weighted by atomic mass is 127. The second-order valence-corrected chi connectivity index (χ2v) is 4.63. The Morgan fingerprint density at radius 3 is 2.47 bits per heavy atom. The molecule has 3 heteroatoms. The quantitative estimate of drug-likeness (QED) is 0.515. The van der Waals surface area contributed by atoms with E-state index in [1.54, 1.807) is 19.1 Å². The van der Waals surface area contributed by atoms with Gasteiger partial charge in [0, 0.05) is 15.9 Å². The molecule has 0 bridgehead atoms. The van der Waals surface area contributed by atoms with Gasteiger partial charge in [-0.1, -0.05) is 52.9 Å². The number of carbonyl (C=O) groups is 1. The van der Waals surface area contributed by atoms with Crippen molar-refractivity contribution in [1.82, 2.24) is 0 Å². The number of hydrogen-bond acceptors (Lipinski definition) is 2. The summed E-state index contributed by atoms with van der Waals surface area (Å²) in [6.45, 7) is 1.68. The number of alkyl halides is 1. The number of benzene rings is 1.